The van der Waals surface area contributed by atoms with Crippen LogP contribution in [0.2, 0.25) is 0 Å². The first-order valence-electron chi connectivity index (χ1n) is 28.2. The molecular weight excluding hydrogens is 1060 g/mol. The number of hydrogen-bond acceptors (Lipinski definition) is 3. The Labute approximate surface area is 489 Å². The number of nitrogens with zero attached hydrogens (tertiary/aromatic N) is 2. The zero-order chi connectivity index (χ0) is 57.6. The lowest BCUT2D eigenvalue weighted by Gasteiger charge is -2.35. The van der Waals surface area contributed by atoms with Gasteiger partial charge < -0.3 is 14.2 Å². The van der Waals surface area contributed by atoms with E-state index in [2.05, 4.69) is 183 Å². The van der Waals surface area contributed by atoms with E-state index in [-0.39, 0.29) is 0 Å². The van der Waals surface area contributed by atoms with Crippen molar-refractivity contribution in [2.45, 2.75) is 10.8 Å². The second-order valence-corrected chi connectivity index (χ2v) is 21.7. The molecule has 2 atom stereocenters. The fourth-order valence-electron chi connectivity index (χ4n) is 13.8. The van der Waals surface area contributed by atoms with Crippen molar-refractivity contribution in [3.8, 4) is 22.3 Å². The molecular formula is C78H50F4N2O. The van der Waals surface area contributed by atoms with Crippen LogP contribution in [0.5, 0.6) is 0 Å². The number of benzene rings is 12. The highest BCUT2D eigenvalue weighted by Crippen LogP contribution is 2.60. The molecule has 13 aromatic rings. The maximum absolute atomic E-state index is 16.1. The largest absolute Gasteiger partial charge is 0.456 e. The summed E-state index contributed by atoms with van der Waals surface area (Å²) in [7, 11) is 0. The first-order valence-corrected chi connectivity index (χ1v) is 28.2. The normalized spacial score (nSPS) is 15.5. The molecule has 0 spiro atoms. The third-order valence-electron chi connectivity index (χ3n) is 17.4. The highest BCUT2D eigenvalue weighted by molar-refractivity contribution is 6.19. The van der Waals surface area contributed by atoms with Crippen LogP contribution >= 0.6 is 0 Å². The van der Waals surface area contributed by atoms with E-state index in [1.807, 2.05) is 82.6 Å². The van der Waals surface area contributed by atoms with Crippen LogP contribution in [0.3, 0.4) is 0 Å². The summed E-state index contributed by atoms with van der Waals surface area (Å²) in [5.41, 5.74) is 17.1. The van der Waals surface area contributed by atoms with Gasteiger partial charge in [-0.3, -0.25) is 0 Å². The first-order chi connectivity index (χ1) is 41.7. The average Bonchev–Trinajstić information content (AvgIpc) is 1.73. The van der Waals surface area contributed by atoms with E-state index in [0.717, 1.165) is 90.0 Å². The van der Waals surface area contributed by atoms with Crippen LogP contribution in [0.4, 0.5) is 51.7 Å². The predicted octanol–water partition coefficient (Wildman–Crippen LogP) is 21.1. The molecule has 15 rings (SSSR count). The molecule has 406 valence electrons. The van der Waals surface area contributed by atoms with Gasteiger partial charge >= 0.3 is 0 Å². The third-order valence-corrected chi connectivity index (χ3v) is 17.4. The summed E-state index contributed by atoms with van der Waals surface area (Å²) < 4.78 is 69.7. The molecule has 0 aliphatic heterocycles. The van der Waals surface area contributed by atoms with Crippen LogP contribution in [-0.2, 0) is 10.8 Å². The van der Waals surface area contributed by atoms with Crippen molar-refractivity contribution in [2.75, 3.05) is 9.80 Å². The molecule has 0 amide bonds. The van der Waals surface area contributed by atoms with E-state index in [1.165, 1.54) is 12.1 Å². The number of anilines is 6. The molecule has 85 heavy (non-hydrogen) atoms. The summed E-state index contributed by atoms with van der Waals surface area (Å²) in [4.78, 5) is 3.91. The van der Waals surface area contributed by atoms with Gasteiger partial charge in [0.1, 0.15) is 11.2 Å². The minimum absolute atomic E-state index is 0.350. The molecule has 0 fully saturated rings. The van der Waals surface area contributed by atoms with Gasteiger partial charge in [-0.25, -0.2) is 17.6 Å². The Bertz CT molecular complexity index is 4520. The van der Waals surface area contributed by atoms with Crippen molar-refractivity contribution >= 4 is 68.2 Å². The quantitative estimate of drug-likeness (QED) is 0.114. The fourth-order valence-corrected chi connectivity index (χ4v) is 13.8. The summed E-state index contributed by atoms with van der Waals surface area (Å²) in [5, 5.41) is 1.27. The number of fused-ring (bicyclic) bond motifs is 9. The van der Waals surface area contributed by atoms with Crippen LogP contribution in [-0.4, -0.2) is 0 Å². The second kappa shape index (κ2) is 20.0. The Morgan fingerprint density at radius 1 is 0.306 bits per heavy atom. The van der Waals surface area contributed by atoms with Crippen LogP contribution in [0, 0.1) is 23.3 Å². The molecule has 1 heterocycles. The monoisotopic (exact) mass is 1110 g/mol. The van der Waals surface area contributed by atoms with Crippen LogP contribution in [0.25, 0.3) is 56.3 Å². The molecule has 0 saturated carbocycles. The second-order valence-electron chi connectivity index (χ2n) is 21.7. The summed E-state index contributed by atoms with van der Waals surface area (Å²) in [6.07, 6.45) is 3.67. The summed E-state index contributed by atoms with van der Waals surface area (Å²) in [6, 6.07) is 86.9. The van der Waals surface area contributed by atoms with Crippen molar-refractivity contribution < 1.29 is 22.0 Å². The Hall–Kier alpha value is -10.8. The lowest BCUT2D eigenvalue weighted by molar-refractivity contribution is 0.509. The van der Waals surface area contributed by atoms with Gasteiger partial charge in [-0.15, -0.1) is 0 Å². The first kappa shape index (κ1) is 51.1. The van der Waals surface area contributed by atoms with Gasteiger partial charge in [-0.1, -0.05) is 207 Å². The number of halogens is 4. The van der Waals surface area contributed by atoms with Gasteiger partial charge in [-0.05, 0) is 151 Å². The highest BCUT2D eigenvalue weighted by atomic mass is 19.2. The van der Waals surface area contributed by atoms with E-state index in [4.69, 9.17) is 4.42 Å². The van der Waals surface area contributed by atoms with Gasteiger partial charge in [0.05, 0.1) is 33.0 Å². The Morgan fingerprint density at radius 2 is 0.659 bits per heavy atom. The van der Waals surface area contributed by atoms with E-state index in [9.17, 15) is 0 Å². The molecule has 1 aromatic heterocycles. The lowest BCUT2D eigenvalue weighted by Crippen LogP contribution is -2.28. The van der Waals surface area contributed by atoms with E-state index in [1.54, 1.807) is 12.1 Å². The molecule has 0 saturated heterocycles. The van der Waals surface area contributed by atoms with Crippen LogP contribution in [0.1, 0.15) is 55.6 Å². The molecule has 3 nitrogen and oxygen atoms in total. The molecule has 2 unspecified atom stereocenters. The Morgan fingerprint density at radius 3 is 1.06 bits per heavy atom. The maximum atomic E-state index is 16.1. The molecule has 0 bridgehead atoms. The minimum atomic E-state index is -1.02. The molecule has 2 aliphatic rings. The van der Waals surface area contributed by atoms with Gasteiger partial charge in [0.2, 0.25) is 0 Å². The molecule has 0 N–H and O–H groups in total. The molecule has 7 heteroatoms. The third kappa shape index (κ3) is 7.73. The zero-order valence-corrected chi connectivity index (χ0v) is 45.8. The van der Waals surface area contributed by atoms with Crippen molar-refractivity contribution in [2.24, 2.45) is 0 Å². The Balaban J connectivity index is 0.996. The number of furan rings is 1. The zero-order valence-electron chi connectivity index (χ0n) is 45.8. The van der Waals surface area contributed by atoms with E-state index >= 15 is 17.6 Å². The summed E-state index contributed by atoms with van der Waals surface area (Å²) in [5.74, 6) is -4.02. The highest BCUT2D eigenvalue weighted by Gasteiger charge is 2.48. The molecule has 12 aromatic carbocycles. The minimum Gasteiger partial charge on any atom is -0.456 e. The topological polar surface area (TPSA) is 19.6 Å². The van der Waals surface area contributed by atoms with Gasteiger partial charge in [0.15, 0.2) is 23.3 Å². The van der Waals surface area contributed by atoms with Crippen molar-refractivity contribution in [1.29, 1.82) is 0 Å². The number of hydrogen-bond donors (Lipinski definition) is 0. The lowest BCUT2D eigenvalue weighted by atomic mass is 9.67. The fraction of sp³-hybridized carbons (Fsp3) is 0.0256. The molecule has 2 aliphatic carbocycles. The van der Waals surface area contributed by atoms with Gasteiger partial charge in [0.25, 0.3) is 0 Å². The standard InChI is InChI=1S/C78H50F4N2O/c1-3-49-29-33-53(34-30-49)77(51-17-7-5-8-18-51)63-23-13-11-21-59(63)61-41-37-55(45-65(61)77)83(57-39-43-67(79)69(81)47-57)71-25-15-27-73-75(71)76-72(26-16-28-74(76)85-73)84(58-40-44-68(80)70(82)48-58)56-38-42-62-60-22-12-14-24-64(60)78(66(62)46-56,52-19-9-6-10-20-52)54-35-31-50(4-2)32-36-54/h3-48H,1-2H2. The summed E-state index contributed by atoms with van der Waals surface area (Å²) in [6.45, 7) is 8.10. The van der Waals surface area contributed by atoms with Crippen LogP contribution < -0.4 is 9.80 Å². The van der Waals surface area contributed by atoms with Crippen molar-refractivity contribution in [1.82, 2.24) is 0 Å². The maximum Gasteiger partial charge on any atom is 0.160 e. The van der Waals surface area contributed by atoms with Crippen molar-refractivity contribution in [3.63, 3.8) is 0 Å². The predicted molar refractivity (Wildman–Crippen MR) is 338 cm³/mol. The Kier molecular flexibility index (Phi) is 12.0. The van der Waals surface area contributed by atoms with Gasteiger partial charge in [-0.2, -0.15) is 0 Å². The smallest absolute Gasteiger partial charge is 0.160 e. The van der Waals surface area contributed by atoms with Crippen molar-refractivity contribution in [3.05, 3.63) is 359 Å². The summed E-state index contributed by atoms with van der Waals surface area (Å²) >= 11 is 0. The number of rotatable bonds is 12. The van der Waals surface area contributed by atoms with Gasteiger partial charge in [0, 0.05) is 34.9 Å². The SMILES string of the molecule is C=Cc1ccc(C2(c3ccccc3)c3ccccc3-c3ccc(N(c4ccc(F)c(F)c4)c4cccc5oc6cccc(N(c7ccc(F)c(F)c7)c7ccc8c(c7)C(c7ccccc7)(c7ccc(C=C)cc7)c7ccccc7-8)c6c45)cc32)cc1. The van der Waals surface area contributed by atoms with E-state index in [0.29, 0.717) is 56.1 Å². The average molecular weight is 1110 g/mol. The molecule has 0 radical (unpaired) electrons. The van der Waals surface area contributed by atoms with Crippen LogP contribution in [0.15, 0.2) is 284 Å². The van der Waals surface area contributed by atoms with E-state index < -0.39 is 34.1 Å².